The molecule has 2 aromatic rings. The molecule has 0 radical (unpaired) electrons. The van der Waals surface area contributed by atoms with Crippen LogP contribution in [0, 0.1) is 12.7 Å². The van der Waals surface area contributed by atoms with Crippen LogP contribution in [0.15, 0.2) is 36.4 Å². The first-order chi connectivity index (χ1) is 13.4. The Morgan fingerprint density at radius 3 is 2.79 bits per heavy atom. The molecule has 0 aliphatic carbocycles. The van der Waals surface area contributed by atoms with Crippen LogP contribution in [0.25, 0.3) is 0 Å². The molecule has 2 aromatic carbocycles. The van der Waals surface area contributed by atoms with E-state index in [4.69, 9.17) is 4.74 Å². The first kappa shape index (κ1) is 18.2. The second kappa shape index (κ2) is 7.07. The Hall–Kier alpha value is -3.22. The van der Waals surface area contributed by atoms with E-state index in [1.807, 2.05) is 6.92 Å². The van der Waals surface area contributed by atoms with Gasteiger partial charge in [-0.25, -0.2) is 4.39 Å². The highest BCUT2D eigenvalue weighted by Crippen LogP contribution is 2.32. The molecule has 144 valence electrons. The first-order valence-electron chi connectivity index (χ1n) is 9.12. The molecular weight excluding hydrogens is 363 g/mol. The number of benzene rings is 2. The molecule has 1 N–H and O–H groups in total. The molecule has 2 aliphatic rings. The van der Waals surface area contributed by atoms with Crippen molar-refractivity contribution in [1.82, 2.24) is 10.2 Å². The molecule has 28 heavy (non-hydrogen) atoms. The van der Waals surface area contributed by atoms with Crippen molar-refractivity contribution in [2.24, 2.45) is 0 Å². The third-order valence-electron chi connectivity index (χ3n) is 5.01. The summed E-state index contributed by atoms with van der Waals surface area (Å²) < 4.78 is 19.3. The van der Waals surface area contributed by atoms with Crippen LogP contribution in [0.2, 0.25) is 0 Å². The predicted octanol–water partition coefficient (Wildman–Crippen LogP) is 2.76. The van der Waals surface area contributed by atoms with Gasteiger partial charge in [0.05, 0.1) is 23.8 Å². The molecule has 0 aromatic heterocycles. The number of halogens is 1. The van der Waals surface area contributed by atoms with Crippen LogP contribution in [0.4, 0.5) is 4.39 Å². The number of imide groups is 1. The topological polar surface area (TPSA) is 75.7 Å². The number of fused-ring (bicyclic) bond motifs is 2. The number of amides is 3. The van der Waals surface area contributed by atoms with E-state index in [2.05, 4.69) is 5.32 Å². The van der Waals surface area contributed by atoms with Crippen LogP contribution in [-0.4, -0.2) is 35.8 Å². The highest BCUT2D eigenvalue weighted by molar-refractivity contribution is 6.22. The summed E-state index contributed by atoms with van der Waals surface area (Å²) in [4.78, 5) is 38.6. The number of nitrogens with zero attached hydrogens (tertiary/aromatic N) is 1. The van der Waals surface area contributed by atoms with E-state index in [0.29, 0.717) is 41.9 Å². The molecule has 6 nitrogen and oxygen atoms in total. The third-order valence-corrected chi connectivity index (χ3v) is 5.01. The Bertz CT molecular complexity index is 988. The van der Waals surface area contributed by atoms with E-state index < -0.39 is 29.6 Å². The normalized spacial score (nSPS) is 18.2. The van der Waals surface area contributed by atoms with Crippen molar-refractivity contribution in [2.45, 2.75) is 25.8 Å². The van der Waals surface area contributed by atoms with Crippen molar-refractivity contribution in [3.8, 4) is 5.75 Å². The molecule has 7 heteroatoms. The lowest BCUT2D eigenvalue weighted by Crippen LogP contribution is -2.41. The lowest BCUT2D eigenvalue weighted by molar-refractivity contribution is -0.122. The molecule has 1 atom stereocenters. The summed E-state index contributed by atoms with van der Waals surface area (Å²) in [5.74, 6) is -1.33. The second-order valence-corrected chi connectivity index (χ2v) is 7.04. The van der Waals surface area contributed by atoms with Gasteiger partial charge in [-0.3, -0.25) is 19.3 Å². The van der Waals surface area contributed by atoms with Gasteiger partial charge in [0, 0.05) is 5.56 Å². The van der Waals surface area contributed by atoms with Crippen molar-refractivity contribution in [3.05, 3.63) is 64.5 Å². The molecule has 0 saturated carbocycles. The fourth-order valence-corrected chi connectivity index (χ4v) is 3.63. The van der Waals surface area contributed by atoms with Crippen LogP contribution >= 0.6 is 0 Å². The van der Waals surface area contributed by atoms with Crippen LogP contribution in [-0.2, 0) is 4.79 Å². The van der Waals surface area contributed by atoms with Gasteiger partial charge in [-0.15, -0.1) is 0 Å². The smallest absolute Gasteiger partial charge is 0.262 e. The average Bonchev–Trinajstić information content (AvgIpc) is 2.81. The Morgan fingerprint density at radius 1 is 1.18 bits per heavy atom. The van der Waals surface area contributed by atoms with Gasteiger partial charge in [-0.2, -0.15) is 0 Å². The molecule has 1 unspecified atom stereocenters. The zero-order valence-corrected chi connectivity index (χ0v) is 15.3. The highest BCUT2D eigenvalue weighted by Gasteiger charge is 2.37. The van der Waals surface area contributed by atoms with Gasteiger partial charge < -0.3 is 10.1 Å². The largest absolute Gasteiger partial charge is 0.493 e. The minimum atomic E-state index is -0.481. The fourth-order valence-electron chi connectivity index (χ4n) is 3.63. The van der Waals surface area contributed by atoms with Gasteiger partial charge in [0.2, 0.25) is 5.91 Å². The monoisotopic (exact) mass is 382 g/mol. The number of rotatable bonds is 3. The number of hydrogen-bond donors (Lipinski definition) is 1. The van der Waals surface area contributed by atoms with E-state index in [1.54, 1.807) is 24.3 Å². The van der Waals surface area contributed by atoms with Crippen molar-refractivity contribution in [2.75, 3.05) is 13.2 Å². The maximum Gasteiger partial charge on any atom is 0.262 e. The zero-order valence-electron chi connectivity index (χ0n) is 15.3. The van der Waals surface area contributed by atoms with E-state index >= 15 is 0 Å². The zero-order chi connectivity index (χ0) is 19.8. The van der Waals surface area contributed by atoms with Gasteiger partial charge in [0.15, 0.2) is 0 Å². The molecule has 0 fully saturated rings. The van der Waals surface area contributed by atoms with Crippen LogP contribution in [0.5, 0.6) is 5.75 Å². The standard InChI is InChI=1S/C21H19FN2O4/c1-12-4-6-14-15(9-12)21(27)24(20(14)26)11-19(25)23-17-3-2-8-28-18-7-5-13(22)10-16(17)18/h4-7,9-10,17H,2-3,8,11H2,1H3,(H,23,25). The summed E-state index contributed by atoms with van der Waals surface area (Å²) in [5.41, 5.74) is 2.04. The maximum atomic E-state index is 13.7. The fraction of sp³-hybridized carbons (Fsp3) is 0.286. The maximum absolute atomic E-state index is 13.7. The Kier molecular flexibility index (Phi) is 4.58. The minimum Gasteiger partial charge on any atom is -0.493 e. The van der Waals surface area contributed by atoms with Crippen LogP contribution in [0.1, 0.15) is 50.7 Å². The molecule has 0 spiro atoms. The average molecular weight is 382 g/mol. The second-order valence-electron chi connectivity index (χ2n) is 7.04. The van der Waals surface area contributed by atoms with E-state index in [-0.39, 0.29) is 6.54 Å². The summed E-state index contributed by atoms with van der Waals surface area (Å²) in [6, 6.07) is 8.75. The first-order valence-corrected chi connectivity index (χ1v) is 9.12. The van der Waals surface area contributed by atoms with Crippen molar-refractivity contribution < 1.29 is 23.5 Å². The highest BCUT2D eigenvalue weighted by atomic mass is 19.1. The molecule has 0 bridgehead atoms. The van der Waals surface area contributed by atoms with E-state index in [9.17, 15) is 18.8 Å². The molecule has 2 heterocycles. The number of hydrogen-bond acceptors (Lipinski definition) is 4. The molecule has 3 amide bonds. The van der Waals surface area contributed by atoms with E-state index in [1.165, 1.54) is 12.1 Å². The molecule has 2 aliphatic heterocycles. The number of ether oxygens (including phenoxy) is 1. The number of aryl methyl sites for hydroxylation is 1. The molecule has 0 saturated heterocycles. The van der Waals surface area contributed by atoms with E-state index in [0.717, 1.165) is 10.5 Å². The Labute approximate surface area is 161 Å². The summed E-state index contributed by atoms with van der Waals surface area (Å²) in [6.07, 6.45) is 1.26. The van der Waals surface area contributed by atoms with Crippen molar-refractivity contribution in [1.29, 1.82) is 0 Å². The third kappa shape index (κ3) is 3.24. The Morgan fingerprint density at radius 2 is 1.96 bits per heavy atom. The summed E-state index contributed by atoms with van der Waals surface area (Å²) in [7, 11) is 0. The SMILES string of the molecule is Cc1ccc2c(c1)C(=O)N(CC(=O)NC1CCCOc3ccc(F)cc31)C2=O. The van der Waals surface area contributed by atoms with Gasteiger partial charge in [-0.1, -0.05) is 11.6 Å². The quantitative estimate of drug-likeness (QED) is 0.829. The Balaban J connectivity index is 1.51. The van der Waals surface area contributed by atoms with Gasteiger partial charge in [0.25, 0.3) is 11.8 Å². The number of nitrogens with one attached hydrogen (secondary N) is 1. The predicted molar refractivity (Wildman–Crippen MR) is 98.6 cm³/mol. The van der Waals surface area contributed by atoms with Crippen LogP contribution < -0.4 is 10.1 Å². The van der Waals surface area contributed by atoms with Crippen LogP contribution in [0.3, 0.4) is 0 Å². The van der Waals surface area contributed by atoms with Gasteiger partial charge in [0.1, 0.15) is 18.1 Å². The molecule has 4 rings (SSSR count). The summed E-state index contributed by atoms with van der Waals surface area (Å²) in [5, 5.41) is 2.82. The van der Waals surface area contributed by atoms with Crippen molar-refractivity contribution >= 4 is 17.7 Å². The number of carbonyl (C=O) groups is 3. The van der Waals surface area contributed by atoms with Gasteiger partial charge >= 0.3 is 0 Å². The summed E-state index contributed by atoms with van der Waals surface area (Å²) >= 11 is 0. The lowest BCUT2D eigenvalue weighted by Gasteiger charge is -2.20. The van der Waals surface area contributed by atoms with Gasteiger partial charge in [-0.05, 0) is 50.1 Å². The van der Waals surface area contributed by atoms with Crippen molar-refractivity contribution in [3.63, 3.8) is 0 Å². The lowest BCUT2D eigenvalue weighted by atomic mass is 10.0. The summed E-state index contributed by atoms with van der Waals surface area (Å²) in [6.45, 7) is 1.92. The minimum absolute atomic E-state index is 0.304. The number of carbonyl (C=O) groups excluding carboxylic acids is 3. The molecular formula is C21H19FN2O4.